The number of fused-ring (bicyclic) bond motifs is 1. The van der Waals surface area contributed by atoms with Gasteiger partial charge in [-0.15, -0.1) is 0 Å². The van der Waals surface area contributed by atoms with Gasteiger partial charge in [0.05, 0.1) is 0 Å². The molecule has 4 heteroatoms. The van der Waals surface area contributed by atoms with Crippen molar-refractivity contribution >= 4 is 17.5 Å². The number of nitrogens with zero attached hydrogens (tertiary/aromatic N) is 2. The van der Waals surface area contributed by atoms with Crippen molar-refractivity contribution in [3.8, 4) is 0 Å². The summed E-state index contributed by atoms with van der Waals surface area (Å²) >= 11 is 5.83. The lowest BCUT2D eigenvalue weighted by Gasteiger charge is -2.30. The number of rotatable bonds is 1. The van der Waals surface area contributed by atoms with Gasteiger partial charge in [-0.3, -0.25) is 4.79 Å². The Labute approximate surface area is 100 Å². The van der Waals surface area contributed by atoms with Crippen LogP contribution in [0.5, 0.6) is 0 Å². The number of pyridine rings is 1. The van der Waals surface area contributed by atoms with Crippen LogP contribution in [-0.4, -0.2) is 22.3 Å². The van der Waals surface area contributed by atoms with Gasteiger partial charge in [0, 0.05) is 25.2 Å². The lowest BCUT2D eigenvalue weighted by molar-refractivity contribution is -0.135. The van der Waals surface area contributed by atoms with Crippen LogP contribution in [0, 0.1) is 5.92 Å². The second-order valence-electron chi connectivity index (χ2n) is 4.44. The largest absolute Gasteiger partial charge is 0.338 e. The van der Waals surface area contributed by atoms with E-state index in [2.05, 4.69) is 4.98 Å². The quantitative estimate of drug-likeness (QED) is 0.704. The van der Waals surface area contributed by atoms with Gasteiger partial charge in [0.2, 0.25) is 5.91 Å². The summed E-state index contributed by atoms with van der Waals surface area (Å²) in [5, 5.41) is 0.530. The predicted octanol–water partition coefficient (Wildman–Crippen LogP) is 2.28. The van der Waals surface area contributed by atoms with E-state index in [-0.39, 0.29) is 11.8 Å². The van der Waals surface area contributed by atoms with Crippen molar-refractivity contribution in [2.45, 2.75) is 26.8 Å². The van der Waals surface area contributed by atoms with Crippen LogP contribution in [0.4, 0.5) is 0 Å². The minimum absolute atomic E-state index is 0.0572. The van der Waals surface area contributed by atoms with Crippen LogP contribution in [0.1, 0.15) is 25.0 Å². The fraction of sp³-hybridized carbons (Fsp3) is 0.500. The van der Waals surface area contributed by atoms with Gasteiger partial charge in [0.25, 0.3) is 0 Å². The van der Waals surface area contributed by atoms with Gasteiger partial charge in [0.15, 0.2) is 0 Å². The molecule has 0 aromatic carbocycles. The van der Waals surface area contributed by atoms with E-state index < -0.39 is 0 Å². The second-order valence-corrected chi connectivity index (χ2v) is 4.83. The van der Waals surface area contributed by atoms with E-state index in [1.54, 1.807) is 6.20 Å². The molecule has 0 saturated heterocycles. The van der Waals surface area contributed by atoms with E-state index in [0.29, 0.717) is 11.7 Å². The van der Waals surface area contributed by atoms with Crippen LogP contribution in [0.25, 0.3) is 0 Å². The predicted molar refractivity (Wildman–Crippen MR) is 63.2 cm³/mol. The first-order chi connectivity index (χ1) is 7.58. The molecule has 0 atom stereocenters. The fourth-order valence-electron chi connectivity index (χ4n) is 1.96. The number of amides is 1. The van der Waals surface area contributed by atoms with Gasteiger partial charge in [-0.2, -0.15) is 0 Å². The number of hydrogen-bond acceptors (Lipinski definition) is 2. The average molecular weight is 239 g/mol. The molecule has 0 fully saturated rings. The molecule has 1 aromatic heterocycles. The van der Waals surface area contributed by atoms with Crippen molar-refractivity contribution in [2.24, 2.45) is 5.92 Å². The number of hydrogen-bond donors (Lipinski definition) is 0. The molecule has 0 N–H and O–H groups in total. The molecule has 1 amide bonds. The first-order valence-corrected chi connectivity index (χ1v) is 5.88. The molecule has 0 spiro atoms. The zero-order chi connectivity index (χ0) is 11.7. The van der Waals surface area contributed by atoms with E-state index >= 15 is 0 Å². The molecule has 0 unspecified atom stereocenters. The fourth-order valence-corrected chi connectivity index (χ4v) is 2.15. The summed E-state index contributed by atoms with van der Waals surface area (Å²) in [6.07, 6.45) is 2.65. The molecule has 0 saturated carbocycles. The minimum atomic E-state index is 0.0572. The van der Waals surface area contributed by atoms with E-state index in [4.69, 9.17) is 11.6 Å². The zero-order valence-electron chi connectivity index (χ0n) is 9.53. The van der Waals surface area contributed by atoms with Gasteiger partial charge in [-0.25, -0.2) is 4.98 Å². The molecule has 0 radical (unpaired) electrons. The van der Waals surface area contributed by atoms with E-state index in [1.165, 1.54) is 5.56 Å². The maximum atomic E-state index is 11.9. The van der Waals surface area contributed by atoms with Crippen molar-refractivity contribution in [1.82, 2.24) is 9.88 Å². The second kappa shape index (κ2) is 4.42. The lowest BCUT2D eigenvalue weighted by atomic mass is 10.0. The molecule has 2 heterocycles. The van der Waals surface area contributed by atoms with Crippen LogP contribution in [0.2, 0.25) is 5.15 Å². The van der Waals surface area contributed by atoms with Gasteiger partial charge in [-0.05, 0) is 23.6 Å². The highest BCUT2D eigenvalue weighted by molar-refractivity contribution is 6.29. The number of carbonyl (C=O) groups excluding carboxylic acids is 1. The monoisotopic (exact) mass is 238 g/mol. The summed E-state index contributed by atoms with van der Waals surface area (Å²) < 4.78 is 0. The summed E-state index contributed by atoms with van der Waals surface area (Å²) in [5.74, 6) is 0.266. The van der Waals surface area contributed by atoms with E-state index in [0.717, 1.165) is 18.5 Å². The van der Waals surface area contributed by atoms with Crippen molar-refractivity contribution < 1.29 is 4.79 Å². The van der Waals surface area contributed by atoms with Crippen molar-refractivity contribution in [2.75, 3.05) is 6.54 Å². The average Bonchev–Trinajstić information content (AvgIpc) is 2.27. The molecule has 86 valence electrons. The summed E-state index contributed by atoms with van der Waals surface area (Å²) in [6, 6.07) is 1.90. The highest BCUT2D eigenvalue weighted by atomic mass is 35.5. The van der Waals surface area contributed by atoms with E-state index in [9.17, 15) is 4.79 Å². The molecule has 1 aliphatic heterocycles. The summed E-state index contributed by atoms with van der Waals surface area (Å²) in [6.45, 7) is 5.30. The van der Waals surface area contributed by atoms with Crippen LogP contribution in [-0.2, 0) is 17.8 Å². The third-order valence-corrected chi connectivity index (χ3v) is 3.07. The Hall–Kier alpha value is -1.09. The van der Waals surface area contributed by atoms with E-state index in [1.807, 2.05) is 24.8 Å². The summed E-state index contributed by atoms with van der Waals surface area (Å²) in [5.41, 5.74) is 2.33. The Morgan fingerprint density at radius 2 is 2.25 bits per heavy atom. The Kier molecular flexibility index (Phi) is 3.15. The Bertz CT molecular complexity index is 417. The number of aromatic nitrogens is 1. The van der Waals surface area contributed by atoms with Crippen molar-refractivity contribution in [1.29, 1.82) is 0 Å². The lowest BCUT2D eigenvalue weighted by Crippen LogP contribution is -2.38. The van der Waals surface area contributed by atoms with Gasteiger partial charge in [0.1, 0.15) is 5.15 Å². The Balaban J connectivity index is 2.18. The molecule has 1 aliphatic rings. The molecular weight excluding hydrogens is 224 g/mol. The summed E-state index contributed by atoms with van der Waals surface area (Å²) in [4.78, 5) is 17.8. The normalized spacial score (nSPS) is 15.1. The molecule has 2 rings (SSSR count). The van der Waals surface area contributed by atoms with Crippen LogP contribution < -0.4 is 0 Å². The van der Waals surface area contributed by atoms with Gasteiger partial charge >= 0.3 is 0 Å². The number of halogens is 1. The van der Waals surface area contributed by atoms with Crippen LogP contribution in [0.15, 0.2) is 12.3 Å². The standard InChI is InChI=1S/C12H15ClN2O/c1-8(2)12(16)15-4-3-9-5-11(13)14-6-10(9)7-15/h5-6,8H,3-4,7H2,1-2H3. The number of carbonyl (C=O) groups is 1. The molecule has 0 aliphatic carbocycles. The van der Waals surface area contributed by atoms with Gasteiger partial charge < -0.3 is 4.90 Å². The SMILES string of the molecule is CC(C)C(=O)N1CCc2cc(Cl)ncc2C1. The molecular formula is C12H15ClN2O. The Morgan fingerprint density at radius 3 is 2.94 bits per heavy atom. The molecule has 3 nitrogen and oxygen atoms in total. The molecule has 0 bridgehead atoms. The molecule has 16 heavy (non-hydrogen) atoms. The highest BCUT2D eigenvalue weighted by Gasteiger charge is 2.22. The van der Waals surface area contributed by atoms with Crippen LogP contribution in [0.3, 0.4) is 0 Å². The minimum Gasteiger partial charge on any atom is -0.338 e. The molecule has 1 aromatic rings. The smallest absolute Gasteiger partial charge is 0.225 e. The maximum absolute atomic E-state index is 11.9. The van der Waals surface area contributed by atoms with Crippen LogP contribution >= 0.6 is 11.6 Å². The third kappa shape index (κ3) is 2.19. The highest BCUT2D eigenvalue weighted by Crippen LogP contribution is 2.21. The third-order valence-electron chi connectivity index (χ3n) is 2.87. The van der Waals surface area contributed by atoms with Crippen molar-refractivity contribution in [3.05, 3.63) is 28.5 Å². The first kappa shape index (κ1) is 11.4. The Morgan fingerprint density at radius 1 is 1.50 bits per heavy atom. The zero-order valence-corrected chi connectivity index (χ0v) is 10.3. The topological polar surface area (TPSA) is 33.2 Å². The van der Waals surface area contributed by atoms with Gasteiger partial charge in [-0.1, -0.05) is 25.4 Å². The first-order valence-electron chi connectivity index (χ1n) is 5.50. The van der Waals surface area contributed by atoms with Crippen molar-refractivity contribution in [3.63, 3.8) is 0 Å². The maximum Gasteiger partial charge on any atom is 0.225 e. The summed E-state index contributed by atoms with van der Waals surface area (Å²) in [7, 11) is 0.